The second-order valence-corrected chi connectivity index (χ2v) is 5.52. The van der Waals surface area contributed by atoms with Crippen LogP contribution >= 0.6 is 11.3 Å². The second-order valence-electron chi connectivity index (χ2n) is 4.54. The molecular formula is C15H19NS. The van der Waals surface area contributed by atoms with Crippen LogP contribution < -0.4 is 5.32 Å². The van der Waals surface area contributed by atoms with Gasteiger partial charge in [0.05, 0.1) is 0 Å². The van der Waals surface area contributed by atoms with Crippen LogP contribution in [0, 0.1) is 6.92 Å². The van der Waals surface area contributed by atoms with Crippen LogP contribution in [0.5, 0.6) is 0 Å². The zero-order valence-corrected chi connectivity index (χ0v) is 11.4. The van der Waals surface area contributed by atoms with Gasteiger partial charge >= 0.3 is 0 Å². The fourth-order valence-electron chi connectivity index (χ4n) is 2.03. The van der Waals surface area contributed by atoms with E-state index in [0.717, 1.165) is 0 Å². The average Bonchev–Trinajstić information content (AvgIpc) is 2.82. The normalized spacial score (nSPS) is 14.5. The van der Waals surface area contributed by atoms with Crippen molar-refractivity contribution >= 4 is 11.3 Å². The number of hydrogen-bond acceptors (Lipinski definition) is 2. The van der Waals surface area contributed by atoms with Crippen molar-refractivity contribution in [3.63, 3.8) is 0 Å². The lowest BCUT2D eigenvalue weighted by atomic mass is 10.0. The van der Waals surface area contributed by atoms with E-state index in [1.54, 1.807) is 0 Å². The van der Waals surface area contributed by atoms with Crippen LogP contribution in [0.1, 0.15) is 41.9 Å². The van der Waals surface area contributed by atoms with Gasteiger partial charge in [-0.05, 0) is 37.8 Å². The highest BCUT2D eigenvalue weighted by Gasteiger charge is 2.11. The first-order valence-electron chi connectivity index (χ1n) is 6.03. The van der Waals surface area contributed by atoms with Crippen molar-refractivity contribution in [2.24, 2.45) is 0 Å². The molecule has 0 aliphatic carbocycles. The molecule has 1 aromatic heterocycles. The van der Waals surface area contributed by atoms with Gasteiger partial charge in [-0.2, -0.15) is 0 Å². The van der Waals surface area contributed by atoms with Crippen molar-refractivity contribution in [1.82, 2.24) is 5.32 Å². The van der Waals surface area contributed by atoms with Crippen LogP contribution in [0.4, 0.5) is 0 Å². The summed E-state index contributed by atoms with van der Waals surface area (Å²) in [5.74, 6) is 0. The molecule has 90 valence electrons. The van der Waals surface area contributed by atoms with E-state index in [2.05, 4.69) is 67.9 Å². The highest BCUT2D eigenvalue weighted by molar-refractivity contribution is 7.10. The zero-order chi connectivity index (χ0) is 12.3. The van der Waals surface area contributed by atoms with Crippen LogP contribution in [0.3, 0.4) is 0 Å². The topological polar surface area (TPSA) is 12.0 Å². The van der Waals surface area contributed by atoms with Crippen LogP contribution in [-0.2, 0) is 0 Å². The third-order valence-electron chi connectivity index (χ3n) is 3.01. The lowest BCUT2D eigenvalue weighted by molar-refractivity contribution is 0.500. The summed E-state index contributed by atoms with van der Waals surface area (Å²) in [6.07, 6.45) is 0. The molecule has 0 fully saturated rings. The summed E-state index contributed by atoms with van der Waals surface area (Å²) in [5.41, 5.74) is 2.67. The second kappa shape index (κ2) is 5.48. The van der Waals surface area contributed by atoms with E-state index in [0.29, 0.717) is 12.1 Å². The summed E-state index contributed by atoms with van der Waals surface area (Å²) in [4.78, 5) is 1.39. The Balaban J connectivity index is 2.04. The van der Waals surface area contributed by atoms with Crippen LogP contribution in [0.2, 0.25) is 0 Å². The molecule has 2 atom stereocenters. The van der Waals surface area contributed by atoms with E-state index in [1.807, 2.05) is 11.3 Å². The number of thiophene rings is 1. The highest BCUT2D eigenvalue weighted by Crippen LogP contribution is 2.22. The summed E-state index contributed by atoms with van der Waals surface area (Å²) in [6.45, 7) is 6.58. The molecule has 0 saturated heterocycles. The Kier molecular flexibility index (Phi) is 3.97. The standard InChI is InChI=1S/C15H19NS/c1-11-6-4-7-14(10-11)12(2)16-13(3)15-8-5-9-17-15/h4-10,12-13,16H,1-3H3/t12-,13?/m0/s1. The van der Waals surface area contributed by atoms with E-state index in [-0.39, 0.29) is 0 Å². The van der Waals surface area contributed by atoms with Crippen molar-refractivity contribution in [1.29, 1.82) is 0 Å². The average molecular weight is 245 g/mol. The lowest BCUT2D eigenvalue weighted by Gasteiger charge is -2.19. The number of nitrogens with one attached hydrogen (secondary N) is 1. The lowest BCUT2D eigenvalue weighted by Crippen LogP contribution is -2.21. The Morgan fingerprint density at radius 2 is 1.88 bits per heavy atom. The highest BCUT2D eigenvalue weighted by atomic mass is 32.1. The van der Waals surface area contributed by atoms with Gasteiger partial charge in [0.25, 0.3) is 0 Å². The van der Waals surface area contributed by atoms with Crippen LogP contribution in [0.15, 0.2) is 41.8 Å². The molecule has 0 amide bonds. The minimum atomic E-state index is 0.381. The van der Waals surface area contributed by atoms with Crippen LogP contribution in [-0.4, -0.2) is 0 Å². The molecule has 0 aliphatic heterocycles. The molecule has 1 unspecified atom stereocenters. The van der Waals surface area contributed by atoms with Gasteiger partial charge in [0.15, 0.2) is 0 Å². The van der Waals surface area contributed by atoms with Crippen molar-refractivity contribution < 1.29 is 0 Å². The number of rotatable bonds is 4. The molecule has 2 heteroatoms. The monoisotopic (exact) mass is 245 g/mol. The Labute approximate surface area is 108 Å². The first kappa shape index (κ1) is 12.3. The summed E-state index contributed by atoms with van der Waals surface area (Å²) in [7, 11) is 0. The maximum atomic E-state index is 3.64. The largest absolute Gasteiger partial charge is 0.303 e. The van der Waals surface area contributed by atoms with Gasteiger partial charge in [-0.3, -0.25) is 0 Å². The number of aryl methyl sites for hydroxylation is 1. The molecule has 2 aromatic rings. The number of benzene rings is 1. The van der Waals surface area contributed by atoms with Crippen molar-refractivity contribution in [2.75, 3.05) is 0 Å². The quantitative estimate of drug-likeness (QED) is 0.838. The van der Waals surface area contributed by atoms with Crippen LogP contribution in [0.25, 0.3) is 0 Å². The summed E-state index contributed by atoms with van der Waals surface area (Å²) in [5, 5.41) is 5.77. The molecule has 17 heavy (non-hydrogen) atoms. The molecule has 1 aromatic carbocycles. The Morgan fingerprint density at radius 1 is 1.06 bits per heavy atom. The molecular weight excluding hydrogens is 226 g/mol. The van der Waals surface area contributed by atoms with E-state index < -0.39 is 0 Å². The molecule has 1 heterocycles. The van der Waals surface area contributed by atoms with E-state index in [1.165, 1.54) is 16.0 Å². The third kappa shape index (κ3) is 3.18. The maximum absolute atomic E-state index is 3.64. The van der Waals surface area contributed by atoms with E-state index in [4.69, 9.17) is 0 Å². The molecule has 0 bridgehead atoms. The van der Waals surface area contributed by atoms with Gasteiger partial charge in [0, 0.05) is 17.0 Å². The maximum Gasteiger partial charge on any atom is 0.0391 e. The van der Waals surface area contributed by atoms with Gasteiger partial charge in [-0.25, -0.2) is 0 Å². The third-order valence-corrected chi connectivity index (χ3v) is 4.07. The van der Waals surface area contributed by atoms with Gasteiger partial charge in [-0.15, -0.1) is 11.3 Å². The Hall–Kier alpha value is -1.12. The van der Waals surface area contributed by atoms with Gasteiger partial charge in [0.1, 0.15) is 0 Å². The molecule has 1 nitrogen and oxygen atoms in total. The first-order chi connectivity index (χ1) is 8.16. The van der Waals surface area contributed by atoms with Crippen molar-refractivity contribution in [3.05, 3.63) is 57.8 Å². The van der Waals surface area contributed by atoms with Gasteiger partial charge < -0.3 is 5.32 Å². The van der Waals surface area contributed by atoms with E-state index >= 15 is 0 Å². The fourth-order valence-corrected chi connectivity index (χ4v) is 2.77. The molecule has 0 aliphatic rings. The molecule has 0 saturated carbocycles. The summed E-state index contributed by atoms with van der Waals surface area (Å²) in [6, 6.07) is 13.8. The molecule has 1 N–H and O–H groups in total. The number of hydrogen-bond donors (Lipinski definition) is 1. The summed E-state index contributed by atoms with van der Waals surface area (Å²) < 4.78 is 0. The zero-order valence-electron chi connectivity index (χ0n) is 10.6. The smallest absolute Gasteiger partial charge is 0.0391 e. The van der Waals surface area contributed by atoms with Crippen molar-refractivity contribution in [2.45, 2.75) is 32.9 Å². The van der Waals surface area contributed by atoms with E-state index in [9.17, 15) is 0 Å². The predicted octanol–water partition coefficient (Wildman–Crippen LogP) is 4.47. The van der Waals surface area contributed by atoms with Gasteiger partial charge in [-0.1, -0.05) is 35.9 Å². The first-order valence-corrected chi connectivity index (χ1v) is 6.91. The molecule has 0 radical (unpaired) electrons. The van der Waals surface area contributed by atoms with Crippen molar-refractivity contribution in [3.8, 4) is 0 Å². The Morgan fingerprint density at radius 3 is 2.53 bits per heavy atom. The Bertz CT molecular complexity index is 462. The minimum absolute atomic E-state index is 0.381. The van der Waals surface area contributed by atoms with Gasteiger partial charge in [0.2, 0.25) is 0 Å². The molecule has 2 rings (SSSR count). The fraction of sp³-hybridized carbons (Fsp3) is 0.333. The SMILES string of the molecule is Cc1cccc([C@H](C)NC(C)c2cccs2)c1. The molecule has 0 spiro atoms. The summed E-state index contributed by atoms with van der Waals surface area (Å²) >= 11 is 1.81. The minimum Gasteiger partial charge on any atom is -0.303 e. The predicted molar refractivity (Wildman–Crippen MR) is 75.5 cm³/mol.